The quantitative estimate of drug-likeness (QED) is 0.817. The molecular weight excluding hydrogens is 328 g/mol. The summed E-state index contributed by atoms with van der Waals surface area (Å²) in [4.78, 5) is 13.1. The van der Waals surface area contributed by atoms with Crippen molar-refractivity contribution < 1.29 is 4.79 Å². The van der Waals surface area contributed by atoms with Gasteiger partial charge in [0.1, 0.15) is 0 Å². The van der Waals surface area contributed by atoms with Crippen LogP contribution in [0.5, 0.6) is 0 Å². The van der Waals surface area contributed by atoms with Gasteiger partial charge in [-0.25, -0.2) is 0 Å². The van der Waals surface area contributed by atoms with E-state index in [0.29, 0.717) is 5.92 Å². The van der Waals surface area contributed by atoms with Gasteiger partial charge in [0.05, 0.1) is 12.1 Å². The van der Waals surface area contributed by atoms with Gasteiger partial charge < -0.3 is 11.1 Å². The van der Waals surface area contributed by atoms with E-state index >= 15 is 0 Å². The molecule has 0 fully saturated rings. The summed E-state index contributed by atoms with van der Waals surface area (Å²) >= 11 is 1.64. The van der Waals surface area contributed by atoms with E-state index in [1.54, 1.807) is 18.3 Å². The first-order chi connectivity index (χ1) is 10.5. The lowest BCUT2D eigenvalue weighted by atomic mass is 9.95. The number of hydrogen-bond donors (Lipinski definition) is 2. The van der Waals surface area contributed by atoms with Gasteiger partial charge in [0, 0.05) is 4.88 Å². The summed E-state index contributed by atoms with van der Waals surface area (Å²) in [5.74, 6) is 0.414. The first kappa shape index (κ1) is 19.7. The molecule has 2 aromatic rings. The molecule has 1 heterocycles. The van der Waals surface area contributed by atoms with Crippen molar-refractivity contribution in [1.29, 1.82) is 0 Å². The zero-order valence-electron chi connectivity index (χ0n) is 13.8. The molecule has 0 radical (unpaired) electrons. The zero-order valence-corrected chi connectivity index (χ0v) is 15.4. The molecule has 23 heavy (non-hydrogen) atoms. The predicted octanol–water partition coefficient (Wildman–Crippen LogP) is 4.24. The van der Waals surface area contributed by atoms with Crippen LogP contribution in [0.4, 0.5) is 0 Å². The largest absolute Gasteiger partial charge is 0.343 e. The van der Waals surface area contributed by atoms with Crippen LogP contribution in [0.2, 0.25) is 0 Å². The first-order valence-electron chi connectivity index (χ1n) is 7.72. The Morgan fingerprint density at radius 2 is 1.78 bits per heavy atom. The van der Waals surface area contributed by atoms with E-state index in [1.165, 1.54) is 5.56 Å². The average molecular weight is 353 g/mol. The fourth-order valence-corrected chi connectivity index (χ4v) is 3.10. The van der Waals surface area contributed by atoms with Crippen LogP contribution < -0.4 is 11.1 Å². The summed E-state index contributed by atoms with van der Waals surface area (Å²) in [5, 5.41) is 5.07. The number of benzene rings is 1. The smallest absolute Gasteiger partial charge is 0.237 e. The highest BCUT2D eigenvalue weighted by Gasteiger charge is 2.19. The second-order valence-electron chi connectivity index (χ2n) is 5.72. The van der Waals surface area contributed by atoms with Gasteiger partial charge in [-0.05, 0) is 41.8 Å². The number of rotatable bonds is 6. The van der Waals surface area contributed by atoms with Gasteiger partial charge in [0.25, 0.3) is 0 Å². The van der Waals surface area contributed by atoms with Crippen LogP contribution in [0.3, 0.4) is 0 Å². The summed E-state index contributed by atoms with van der Waals surface area (Å²) in [7, 11) is 0. The molecule has 0 bridgehead atoms. The molecule has 0 aliphatic carbocycles. The van der Waals surface area contributed by atoms with Crippen LogP contribution in [0, 0.1) is 0 Å². The van der Waals surface area contributed by atoms with E-state index in [1.807, 2.05) is 17.5 Å². The van der Waals surface area contributed by atoms with E-state index in [0.717, 1.165) is 16.9 Å². The Bertz CT molecular complexity index is 596. The Balaban J connectivity index is 0.00000264. The molecule has 0 saturated carbocycles. The highest BCUT2D eigenvalue weighted by Crippen LogP contribution is 2.28. The van der Waals surface area contributed by atoms with Gasteiger partial charge in [-0.15, -0.1) is 23.7 Å². The normalized spacial score (nSPS) is 14.4. The third-order valence-corrected chi connectivity index (χ3v) is 4.92. The van der Waals surface area contributed by atoms with Crippen molar-refractivity contribution in [3.63, 3.8) is 0 Å². The van der Waals surface area contributed by atoms with E-state index in [9.17, 15) is 4.79 Å². The second-order valence-corrected chi connectivity index (χ2v) is 6.70. The van der Waals surface area contributed by atoms with Gasteiger partial charge in [-0.3, -0.25) is 4.79 Å². The highest BCUT2D eigenvalue weighted by molar-refractivity contribution is 7.10. The molecular formula is C18H25ClN2OS. The van der Waals surface area contributed by atoms with E-state index in [-0.39, 0.29) is 24.4 Å². The lowest BCUT2D eigenvalue weighted by Gasteiger charge is -2.20. The van der Waals surface area contributed by atoms with Crippen LogP contribution in [0.1, 0.15) is 55.2 Å². The zero-order chi connectivity index (χ0) is 16.1. The van der Waals surface area contributed by atoms with Gasteiger partial charge in [-0.1, -0.05) is 44.2 Å². The van der Waals surface area contributed by atoms with Crippen molar-refractivity contribution in [3.05, 3.63) is 57.8 Å². The predicted molar refractivity (Wildman–Crippen MR) is 100 cm³/mol. The van der Waals surface area contributed by atoms with Crippen molar-refractivity contribution in [3.8, 4) is 0 Å². The number of nitrogens with two attached hydrogens (primary N) is 1. The summed E-state index contributed by atoms with van der Waals surface area (Å²) < 4.78 is 0. The number of carbonyl (C=O) groups excluding carboxylic acids is 1. The van der Waals surface area contributed by atoms with Crippen molar-refractivity contribution in [2.24, 2.45) is 5.73 Å². The molecule has 0 saturated heterocycles. The van der Waals surface area contributed by atoms with Crippen LogP contribution in [-0.4, -0.2) is 11.9 Å². The topological polar surface area (TPSA) is 55.1 Å². The summed E-state index contributed by atoms with van der Waals surface area (Å²) in [6.45, 7) is 6.12. The Morgan fingerprint density at radius 1 is 1.17 bits per heavy atom. The molecule has 0 spiro atoms. The van der Waals surface area contributed by atoms with Crippen molar-refractivity contribution in [1.82, 2.24) is 5.32 Å². The molecule has 3 atom stereocenters. The van der Waals surface area contributed by atoms with E-state index < -0.39 is 6.04 Å². The molecule has 3 N–H and O–H groups in total. The first-order valence-corrected chi connectivity index (χ1v) is 8.60. The number of hydrogen-bond acceptors (Lipinski definition) is 3. The minimum absolute atomic E-state index is 0. The maximum atomic E-state index is 12.0. The Hall–Kier alpha value is -1.36. The second kappa shape index (κ2) is 9.06. The van der Waals surface area contributed by atoms with E-state index in [4.69, 9.17) is 5.73 Å². The number of carbonyl (C=O) groups is 1. The summed E-state index contributed by atoms with van der Waals surface area (Å²) in [6, 6.07) is 11.9. The maximum absolute atomic E-state index is 12.0. The summed E-state index contributed by atoms with van der Waals surface area (Å²) in [5.41, 5.74) is 8.10. The Morgan fingerprint density at radius 3 is 2.26 bits per heavy atom. The molecule has 126 valence electrons. The fraction of sp³-hybridized carbons (Fsp3) is 0.389. The Kier molecular flexibility index (Phi) is 7.76. The van der Waals surface area contributed by atoms with Crippen molar-refractivity contribution >= 4 is 29.7 Å². The maximum Gasteiger partial charge on any atom is 0.237 e. The third kappa shape index (κ3) is 5.06. The van der Waals surface area contributed by atoms with Gasteiger partial charge in [0.2, 0.25) is 5.91 Å². The summed E-state index contributed by atoms with van der Waals surface area (Å²) in [6.07, 6.45) is 1.12. The van der Waals surface area contributed by atoms with Crippen molar-refractivity contribution in [2.75, 3.05) is 0 Å². The third-order valence-electron chi connectivity index (χ3n) is 3.98. The standard InChI is InChI=1S/C18H24N2OS.ClH/c1-4-12(2)14-7-9-15(10-8-14)17(16-6-5-11-22-16)20-18(21)13(3)19;/h5-13,17H,4,19H2,1-3H3,(H,20,21);1H/t12?,13-,17?;/m0./s1. The molecule has 2 rings (SSSR count). The van der Waals surface area contributed by atoms with Gasteiger partial charge in [-0.2, -0.15) is 0 Å². The minimum Gasteiger partial charge on any atom is -0.343 e. The SMILES string of the molecule is CCC(C)c1ccc(C(NC(=O)[C@H](C)N)c2cccs2)cc1.Cl. The monoisotopic (exact) mass is 352 g/mol. The minimum atomic E-state index is -0.512. The molecule has 5 heteroatoms. The number of halogens is 1. The molecule has 0 aliphatic rings. The number of nitrogens with one attached hydrogen (secondary N) is 1. The van der Waals surface area contributed by atoms with Gasteiger partial charge in [0.15, 0.2) is 0 Å². The number of thiophene rings is 1. The molecule has 3 nitrogen and oxygen atoms in total. The van der Waals surface area contributed by atoms with Crippen LogP contribution in [0.25, 0.3) is 0 Å². The van der Waals surface area contributed by atoms with E-state index in [2.05, 4.69) is 43.4 Å². The van der Waals surface area contributed by atoms with Gasteiger partial charge >= 0.3 is 0 Å². The molecule has 0 aliphatic heterocycles. The highest BCUT2D eigenvalue weighted by atomic mass is 35.5. The van der Waals surface area contributed by atoms with Crippen LogP contribution in [0.15, 0.2) is 41.8 Å². The average Bonchev–Trinajstić information content (AvgIpc) is 3.05. The molecule has 1 amide bonds. The van der Waals surface area contributed by atoms with Crippen molar-refractivity contribution in [2.45, 2.75) is 45.2 Å². The molecule has 1 aromatic heterocycles. The van der Waals surface area contributed by atoms with Crippen LogP contribution in [-0.2, 0) is 4.79 Å². The lowest BCUT2D eigenvalue weighted by Crippen LogP contribution is -2.40. The lowest BCUT2D eigenvalue weighted by molar-refractivity contribution is -0.122. The molecule has 1 aromatic carbocycles. The number of amides is 1. The molecule has 2 unspecified atom stereocenters. The van der Waals surface area contributed by atoms with Crippen LogP contribution >= 0.6 is 23.7 Å². The fourth-order valence-electron chi connectivity index (χ4n) is 2.30. The Labute approximate surface area is 148 Å².